The van der Waals surface area contributed by atoms with Crippen LogP contribution in [0, 0.1) is 0 Å². The van der Waals surface area contributed by atoms with Crippen LogP contribution in [0.15, 0.2) is 21.9 Å². The molecule has 2 N–H and O–H groups in total. The van der Waals surface area contributed by atoms with E-state index in [0.29, 0.717) is 5.01 Å². The lowest BCUT2D eigenvalue weighted by molar-refractivity contribution is 0.409. The third-order valence-corrected chi connectivity index (χ3v) is 3.38. The molecule has 0 atom stereocenters. The standard InChI is InChI=1S/C10H11N3O3S/c1-2-6-4-11-8(17-6)5-13-9(15)3-7(14)12-10(13)16/h3-4,15H,2,5H2,1H3,(H,12,14,16). The van der Waals surface area contributed by atoms with Crippen molar-refractivity contribution >= 4 is 11.3 Å². The van der Waals surface area contributed by atoms with E-state index in [1.165, 1.54) is 11.3 Å². The summed E-state index contributed by atoms with van der Waals surface area (Å²) in [6, 6.07) is 0.968. The average Bonchev–Trinajstić information content (AvgIpc) is 2.71. The van der Waals surface area contributed by atoms with Gasteiger partial charge in [0.2, 0.25) is 5.88 Å². The van der Waals surface area contributed by atoms with Crippen LogP contribution in [-0.4, -0.2) is 19.6 Å². The smallest absolute Gasteiger partial charge is 0.331 e. The normalized spacial score (nSPS) is 10.6. The molecule has 0 amide bonds. The average molecular weight is 253 g/mol. The van der Waals surface area contributed by atoms with Gasteiger partial charge in [0.05, 0.1) is 12.6 Å². The molecule has 0 unspecified atom stereocenters. The second-order valence-electron chi connectivity index (χ2n) is 3.46. The van der Waals surface area contributed by atoms with E-state index in [-0.39, 0.29) is 12.4 Å². The van der Waals surface area contributed by atoms with Crippen molar-refractivity contribution in [1.82, 2.24) is 14.5 Å². The van der Waals surface area contributed by atoms with Gasteiger partial charge in [0.1, 0.15) is 5.01 Å². The van der Waals surface area contributed by atoms with Crippen LogP contribution in [0.5, 0.6) is 5.88 Å². The Hall–Kier alpha value is -1.89. The third kappa shape index (κ3) is 2.44. The quantitative estimate of drug-likeness (QED) is 0.824. The van der Waals surface area contributed by atoms with Gasteiger partial charge in [-0.15, -0.1) is 11.3 Å². The molecular formula is C10H11N3O3S. The molecule has 2 heterocycles. The lowest BCUT2D eigenvalue weighted by Crippen LogP contribution is -2.29. The number of aromatic nitrogens is 3. The van der Waals surface area contributed by atoms with Crippen LogP contribution in [0.25, 0.3) is 0 Å². The molecule has 0 aromatic carbocycles. The summed E-state index contributed by atoms with van der Waals surface area (Å²) in [5.41, 5.74) is -1.25. The van der Waals surface area contributed by atoms with Gasteiger partial charge in [-0.2, -0.15) is 0 Å². The topological polar surface area (TPSA) is 88.0 Å². The SMILES string of the molecule is CCc1cnc(Cn2c(O)cc(=O)[nH]c2=O)s1. The van der Waals surface area contributed by atoms with Crippen molar-refractivity contribution in [3.05, 3.63) is 43.0 Å². The lowest BCUT2D eigenvalue weighted by atomic mass is 10.4. The van der Waals surface area contributed by atoms with E-state index in [1.54, 1.807) is 6.20 Å². The summed E-state index contributed by atoms with van der Waals surface area (Å²) in [5.74, 6) is -0.355. The second kappa shape index (κ2) is 4.54. The highest BCUT2D eigenvalue weighted by molar-refractivity contribution is 7.11. The van der Waals surface area contributed by atoms with Crippen LogP contribution in [-0.2, 0) is 13.0 Å². The van der Waals surface area contributed by atoms with E-state index >= 15 is 0 Å². The minimum atomic E-state index is -0.636. The van der Waals surface area contributed by atoms with Crippen molar-refractivity contribution in [2.75, 3.05) is 0 Å². The number of hydrogen-bond donors (Lipinski definition) is 2. The van der Waals surface area contributed by atoms with Gasteiger partial charge in [0, 0.05) is 11.1 Å². The highest BCUT2D eigenvalue weighted by atomic mass is 32.1. The number of thiazole rings is 1. The van der Waals surface area contributed by atoms with Crippen LogP contribution >= 0.6 is 11.3 Å². The van der Waals surface area contributed by atoms with Crippen molar-refractivity contribution in [3.63, 3.8) is 0 Å². The molecule has 2 rings (SSSR count). The van der Waals surface area contributed by atoms with Gasteiger partial charge in [-0.25, -0.2) is 9.78 Å². The van der Waals surface area contributed by atoms with Crippen molar-refractivity contribution in [1.29, 1.82) is 0 Å². The monoisotopic (exact) mass is 253 g/mol. The van der Waals surface area contributed by atoms with Crippen LogP contribution in [0.3, 0.4) is 0 Å². The van der Waals surface area contributed by atoms with Crippen LogP contribution in [0.2, 0.25) is 0 Å². The number of aromatic hydroxyl groups is 1. The summed E-state index contributed by atoms with van der Waals surface area (Å²) in [5, 5.41) is 10.2. The summed E-state index contributed by atoms with van der Waals surface area (Å²) in [6.07, 6.45) is 2.62. The number of aromatic amines is 1. The summed E-state index contributed by atoms with van der Waals surface area (Å²) >= 11 is 1.48. The van der Waals surface area contributed by atoms with Gasteiger partial charge in [-0.1, -0.05) is 6.92 Å². The third-order valence-electron chi connectivity index (χ3n) is 2.26. The van der Waals surface area contributed by atoms with E-state index in [9.17, 15) is 14.7 Å². The predicted octanol–water partition coefficient (Wildman–Crippen LogP) is 0.309. The number of H-pyrrole nitrogens is 1. The molecule has 0 spiro atoms. The maximum atomic E-state index is 11.5. The van der Waals surface area contributed by atoms with E-state index in [1.807, 2.05) is 6.92 Å². The maximum Gasteiger partial charge on any atom is 0.331 e. The Balaban J connectivity index is 2.36. The fraction of sp³-hybridized carbons (Fsp3) is 0.300. The largest absolute Gasteiger partial charge is 0.494 e. The van der Waals surface area contributed by atoms with Gasteiger partial charge in [-0.05, 0) is 6.42 Å². The van der Waals surface area contributed by atoms with Crippen LogP contribution < -0.4 is 11.2 Å². The van der Waals surface area contributed by atoms with E-state index < -0.39 is 11.2 Å². The minimum absolute atomic E-state index is 0.159. The Bertz CT molecular complexity index is 641. The van der Waals surface area contributed by atoms with Gasteiger partial charge >= 0.3 is 5.69 Å². The summed E-state index contributed by atoms with van der Waals surface area (Å²) < 4.78 is 1.07. The van der Waals surface area contributed by atoms with Crippen LogP contribution in [0.4, 0.5) is 0 Å². The molecule has 17 heavy (non-hydrogen) atoms. The van der Waals surface area contributed by atoms with E-state index in [4.69, 9.17) is 0 Å². The van der Waals surface area contributed by atoms with Crippen LogP contribution in [0.1, 0.15) is 16.8 Å². The summed E-state index contributed by atoms with van der Waals surface area (Å²) in [4.78, 5) is 29.7. The zero-order chi connectivity index (χ0) is 12.4. The molecule has 0 saturated heterocycles. The predicted molar refractivity (Wildman–Crippen MR) is 63.6 cm³/mol. The maximum absolute atomic E-state index is 11.5. The van der Waals surface area contributed by atoms with Crippen molar-refractivity contribution < 1.29 is 5.11 Å². The Morgan fingerprint density at radius 1 is 1.53 bits per heavy atom. The Kier molecular flexibility index (Phi) is 3.10. The van der Waals surface area contributed by atoms with E-state index in [0.717, 1.165) is 21.9 Å². The first-order valence-corrected chi connectivity index (χ1v) is 5.88. The molecule has 0 aliphatic rings. The molecule has 6 nitrogen and oxygen atoms in total. The Morgan fingerprint density at radius 3 is 2.88 bits per heavy atom. The number of hydrogen-bond acceptors (Lipinski definition) is 5. The zero-order valence-electron chi connectivity index (χ0n) is 9.14. The molecule has 0 bridgehead atoms. The fourth-order valence-electron chi connectivity index (χ4n) is 1.38. The molecule has 7 heteroatoms. The van der Waals surface area contributed by atoms with Gasteiger partial charge < -0.3 is 5.11 Å². The Morgan fingerprint density at radius 2 is 2.29 bits per heavy atom. The molecule has 2 aromatic heterocycles. The number of nitrogens with zero attached hydrogens (tertiary/aromatic N) is 2. The number of nitrogens with one attached hydrogen (secondary N) is 1. The molecule has 0 aliphatic heterocycles. The number of rotatable bonds is 3. The van der Waals surface area contributed by atoms with Gasteiger partial charge in [-0.3, -0.25) is 14.3 Å². The molecular weight excluding hydrogens is 242 g/mol. The lowest BCUT2D eigenvalue weighted by Gasteiger charge is -2.04. The molecule has 0 fully saturated rings. The highest BCUT2D eigenvalue weighted by Gasteiger charge is 2.08. The van der Waals surface area contributed by atoms with Gasteiger partial charge in [0.15, 0.2) is 0 Å². The molecule has 0 radical (unpaired) electrons. The van der Waals surface area contributed by atoms with Crippen molar-refractivity contribution in [2.24, 2.45) is 0 Å². The van der Waals surface area contributed by atoms with Crippen molar-refractivity contribution in [2.45, 2.75) is 19.9 Å². The minimum Gasteiger partial charge on any atom is -0.494 e. The molecule has 90 valence electrons. The Labute approximate surface area is 100 Å². The zero-order valence-corrected chi connectivity index (χ0v) is 9.95. The highest BCUT2D eigenvalue weighted by Crippen LogP contribution is 2.15. The molecule has 0 saturated carbocycles. The second-order valence-corrected chi connectivity index (χ2v) is 4.66. The first-order chi connectivity index (χ1) is 8.10. The summed E-state index contributed by atoms with van der Waals surface area (Å²) in [6.45, 7) is 2.17. The first kappa shape index (κ1) is 11.6. The van der Waals surface area contributed by atoms with E-state index in [2.05, 4.69) is 9.97 Å². The molecule has 2 aromatic rings. The van der Waals surface area contributed by atoms with Gasteiger partial charge in [0.25, 0.3) is 5.56 Å². The first-order valence-electron chi connectivity index (χ1n) is 5.07. The number of aryl methyl sites for hydroxylation is 1. The summed E-state index contributed by atoms with van der Waals surface area (Å²) in [7, 11) is 0. The van der Waals surface area contributed by atoms with Crippen molar-refractivity contribution in [3.8, 4) is 5.88 Å². The molecule has 0 aliphatic carbocycles. The fourth-order valence-corrected chi connectivity index (χ4v) is 2.23.